The average molecular weight is 230 g/mol. The van der Waals surface area contributed by atoms with Crippen LogP contribution in [0.5, 0.6) is 0 Å². The standard InChI is InChI=1S/C12H10N2OS/c15-16(12-4-2-7-14-10-12)8-5-11-3-1-6-13-9-11/h1-10H/b8-5-. The van der Waals surface area contributed by atoms with Gasteiger partial charge in [0.2, 0.25) is 0 Å². The third kappa shape index (κ3) is 2.84. The number of hydrogen-bond acceptors (Lipinski definition) is 3. The fourth-order valence-corrected chi connectivity index (χ4v) is 1.97. The highest BCUT2D eigenvalue weighted by molar-refractivity contribution is 7.88. The molecule has 2 heterocycles. The molecule has 0 fully saturated rings. The van der Waals surface area contributed by atoms with Crippen LogP contribution in [0.15, 0.2) is 59.4 Å². The van der Waals surface area contributed by atoms with Gasteiger partial charge >= 0.3 is 0 Å². The zero-order valence-corrected chi connectivity index (χ0v) is 9.30. The molecule has 0 saturated carbocycles. The molecule has 0 saturated heterocycles. The predicted molar refractivity (Wildman–Crippen MR) is 63.9 cm³/mol. The molecule has 4 heteroatoms. The molecule has 0 N–H and O–H groups in total. The third-order valence-electron chi connectivity index (χ3n) is 1.94. The maximum atomic E-state index is 11.8. The molecule has 0 bridgehead atoms. The number of rotatable bonds is 3. The van der Waals surface area contributed by atoms with Crippen molar-refractivity contribution < 1.29 is 4.21 Å². The molecule has 80 valence electrons. The summed E-state index contributed by atoms with van der Waals surface area (Å²) < 4.78 is 11.8. The van der Waals surface area contributed by atoms with Crippen LogP contribution in [0.1, 0.15) is 5.56 Å². The van der Waals surface area contributed by atoms with Crippen molar-refractivity contribution in [3.63, 3.8) is 0 Å². The molecule has 0 aliphatic rings. The molecule has 0 aliphatic carbocycles. The topological polar surface area (TPSA) is 42.9 Å². The highest BCUT2D eigenvalue weighted by Crippen LogP contribution is 2.07. The predicted octanol–water partition coefficient (Wildman–Crippen LogP) is 2.26. The number of hydrogen-bond donors (Lipinski definition) is 0. The molecule has 0 aromatic carbocycles. The molecular formula is C12H10N2OS. The normalized spacial score (nSPS) is 12.8. The maximum absolute atomic E-state index is 11.8. The molecule has 0 amide bonds. The highest BCUT2D eigenvalue weighted by Gasteiger charge is 1.97. The summed E-state index contributed by atoms with van der Waals surface area (Å²) in [5.41, 5.74) is 0.930. The monoisotopic (exact) mass is 230 g/mol. The Morgan fingerprint density at radius 2 is 1.81 bits per heavy atom. The van der Waals surface area contributed by atoms with Gasteiger partial charge in [-0.25, -0.2) is 4.21 Å². The van der Waals surface area contributed by atoms with Gasteiger partial charge in [-0.2, -0.15) is 0 Å². The molecule has 0 radical (unpaired) electrons. The van der Waals surface area contributed by atoms with Gasteiger partial charge in [0.25, 0.3) is 0 Å². The first-order valence-electron chi connectivity index (χ1n) is 4.75. The fourth-order valence-electron chi connectivity index (χ4n) is 1.16. The average Bonchev–Trinajstić information content (AvgIpc) is 2.38. The van der Waals surface area contributed by atoms with Crippen molar-refractivity contribution in [3.05, 3.63) is 60.0 Å². The minimum atomic E-state index is -1.15. The van der Waals surface area contributed by atoms with Crippen molar-refractivity contribution in [2.45, 2.75) is 4.90 Å². The van der Waals surface area contributed by atoms with E-state index in [1.807, 2.05) is 12.1 Å². The lowest BCUT2D eigenvalue weighted by Crippen LogP contribution is -1.86. The highest BCUT2D eigenvalue weighted by atomic mass is 32.2. The van der Waals surface area contributed by atoms with Gasteiger partial charge in [-0.1, -0.05) is 6.07 Å². The Morgan fingerprint density at radius 3 is 2.44 bits per heavy atom. The van der Waals surface area contributed by atoms with Gasteiger partial charge in [0.15, 0.2) is 0 Å². The van der Waals surface area contributed by atoms with Crippen molar-refractivity contribution >= 4 is 16.9 Å². The van der Waals surface area contributed by atoms with E-state index in [1.54, 1.807) is 48.4 Å². The van der Waals surface area contributed by atoms with Crippen LogP contribution >= 0.6 is 0 Å². The van der Waals surface area contributed by atoms with Gasteiger partial charge < -0.3 is 0 Å². The molecule has 1 unspecified atom stereocenters. The molecule has 2 aromatic rings. The van der Waals surface area contributed by atoms with Crippen molar-refractivity contribution in [1.29, 1.82) is 0 Å². The summed E-state index contributed by atoms with van der Waals surface area (Å²) in [7, 11) is -1.15. The quantitative estimate of drug-likeness (QED) is 0.812. The first-order valence-corrected chi connectivity index (χ1v) is 5.96. The minimum absolute atomic E-state index is 0.697. The molecule has 0 spiro atoms. The Balaban J connectivity index is 2.12. The minimum Gasteiger partial charge on any atom is -0.264 e. The van der Waals surface area contributed by atoms with Gasteiger partial charge in [0.05, 0.1) is 15.7 Å². The second-order valence-corrected chi connectivity index (χ2v) is 4.41. The lowest BCUT2D eigenvalue weighted by Gasteiger charge is -1.94. The van der Waals surface area contributed by atoms with Crippen LogP contribution in [0.25, 0.3) is 6.08 Å². The molecule has 0 aliphatic heterocycles. The molecule has 16 heavy (non-hydrogen) atoms. The zero-order valence-electron chi connectivity index (χ0n) is 8.48. The summed E-state index contributed by atoms with van der Waals surface area (Å²) in [5, 5.41) is 1.63. The van der Waals surface area contributed by atoms with Crippen LogP contribution in [0, 0.1) is 0 Å². The van der Waals surface area contributed by atoms with Crippen LogP contribution in [-0.2, 0) is 10.8 Å². The summed E-state index contributed by atoms with van der Waals surface area (Å²) in [6.45, 7) is 0. The second-order valence-electron chi connectivity index (χ2n) is 3.08. The molecule has 3 nitrogen and oxygen atoms in total. The maximum Gasteiger partial charge on any atom is 0.0791 e. The van der Waals surface area contributed by atoms with E-state index < -0.39 is 10.8 Å². The van der Waals surface area contributed by atoms with E-state index in [9.17, 15) is 4.21 Å². The lowest BCUT2D eigenvalue weighted by molar-refractivity contribution is 0.688. The third-order valence-corrected chi connectivity index (χ3v) is 3.02. The van der Waals surface area contributed by atoms with Crippen molar-refractivity contribution in [3.8, 4) is 0 Å². The largest absolute Gasteiger partial charge is 0.264 e. The van der Waals surface area contributed by atoms with E-state index >= 15 is 0 Å². The lowest BCUT2D eigenvalue weighted by atomic mass is 10.3. The van der Waals surface area contributed by atoms with Crippen molar-refractivity contribution in [2.75, 3.05) is 0 Å². The second kappa shape index (κ2) is 5.32. The van der Waals surface area contributed by atoms with Crippen molar-refractivity contribution in [1.82, 2.24) is 9.97 Å². The first kappa shape index (κ1) is 10.7. The van der Waals surface area contributed by atoms with E-state index in [4.69, 9.17) is 0 Å². The summed E-state index contributed by atoms with van der Waals surface area (Å²) in [6.07, 6.45) is 8.47. The summed E-state index contributed by atoms with van der Waals surface area (Å²) in [6, 6.07) is 7.30. The number of nitrogens with zero attached hydrogens (tertiary/aromatic N) is 2. The van der Waals surface area contributed by atoms with Crippen molar-refractivity contribution in [2.24, 2.45) is 0 Å². The Bertz CT molecular complexity index is 497. The number of pyridine rings is 2. The van der Waals surface area contributed by atoms with E-state index in [0.29, 0.717) is 4.90 Å². The Labute approximate surface area is 96.3 Å². The summed E-state index contributed by atoms with van der Waals surface area (Å²) in [5.74, 6) is 0. The van der Waals surface area contributed by atoms with Gasteiger partial charge in [-0.15, -0.1) is 0 Å². The fraction of sp³-hybridized carbons (Fsp3) is 0. The van der Waals surface area contributed by atoms with E-state index in [0.717, 1.165) is 5.56 Å². The summed E-state index contributed by atoms with van der Waals surface area (Å²) in [4.78, 5) is 8.59. The zero-order chi connectivity index (χ0) is 11.2. The van der Waals surface area contributed by atoms with E-state index in [2.05, 4.69) is 9.97 Å². The smallest absolute Gasteiger partial charge is 0.0791 e. The van der Waals surface area contributed by atoms with Gasteiger partial charge in [0.1, 0.15) is 0 Å². The van der Waals surface area contributed by atoms with Crippen LogP contribution in [-0.4, -0.2) is 14.2 Å². The van der Waals surface area contributed by atoms with E-state index in [-0.39, 0.29) is 0 Å². The van der Waals surface area contributed by atoms with Crippen LogP contribution in [0.2, 0.25) is 0 Å². The van der Waals surface area contributed by atoms with Crippen LogP contribution in [0.3, 0.4) is 0 Å². The Morgan fingerprint density at radius 1 is 1.06 bits per heavy atom. The SMILES string of the molecule is O=S(/C=C\c1cccnc1)c1cccnc1. The molecule has 1 atom stereocenters. The molecular weight excluding hydrogens is 220 g/mol. The van der Waals surface area contributed by atoms with Gasteiger partial charge in [-0.3, -0.25) is 9.97 Å². The Hall–Kier alpha value is -1.81. The number of aromatic nitrogens is 2. The van der Waals surface area contributed by atoms with Gasteiger partial charge in [0, 0.05) is 30.2 Å². The van der Waals surface area contributed by atoms with Crippen LogP contribution in [0.4, 0.5) is 0 Å². The van der Waals surface area contributed by atoms with Crippen LogP contribution < -0.4 is 0 Å². The molecule has 2 aromatic heterocycles. The van der Waals surface area contributed by atoms with Gasteiger partial charge in [-0.05, 0) is 29.8 Å². The first-order chi connectivity index (χ1) is 7.86. The molecule has 2 rings (SSSR count). The summed E-state index contributed by atoms with van der Waals surface area (Å²) >= 11 is 0. The Kier molecular flexibility index (Phi) is 3.56. The van der Waals surface area contributed by atoms with E-state index in [1.165, 1.54) is 0 Å².